The summed E-state index contributed by atoms with van der Waals surface area (Å²) in [5, 5.41) is 12.5. The number of carbonyl (C=O) groups is 1. The summed E-state index contributed by atoms with van der Waals surface area (Å²) in [6.07, 6.45) is 0. The lowest BCUT2D eigenvalue weighted by molar-refractivity contribution is -0.118. The highest BCUT2D eigenvalue weighted by atomic mass is 32.2. The van der Waals surface area contributed by atoms with Crippen molar-refractivity contribution in [1.82, 2.24) is 20.1 Å². The van der Waals surface area contributed by atoms with Gasteiger partial charge in [-0.15, -0.1) is 10.2 Å². The number of hydrogen-bond donors (Lipinski definition) is 1. The summed E-state index contributed by atoms with van der Waals surface area (Å²) in [5.41, 5.74) is 0.797. The van der Waals surface area contributed by atoms with Gasteiger partial charge in [0, 0.05) is 37.8 Å². The molecule has 2 aromatic rings. The van der Waals surface area contributed by atoms with Crippen LogP contribution in [0.3, 0.4) is 0 Å². The van der Waals surface area contributed by atoms with Gasteiger partial charge in [-0.3, -0.25) is 9.36 Å². The third-order valence-electron chi connectivity index (χ3n) is 5.13. The van der Waals surface area contributed by atoms with Crippen LogP contribution in [-0.4, -0.2) is 74.1 Å². The molecule has 0 unspecified atom stereocenters. The summed E-state index contributed by atoms with van der Waals surface area (Å²) in [6.45, 7) is 8.33. The van der Waals surface area contributed by atoms with E-state index in [4.69, 9.17) is 18.9 Å². The molecular formula is C22H33N5O5S. The van der Waals surface area contributed by atoms with Gasteiger partial charge in [0.25, 0.3) is 0 Å². The molecule has 1 aromatic heterocycles. The number of methoxy groups -OCH3 is 3. The molecule has 0 bridgehead atoms. The topological polar surface area (TPSA) is 100.0 Å². The van der Waals surface area contributed by atoms with Crippen LogP contribution in [0.15, 0.2) is 17.3 Å². The predicted octanol–water partition coefficient (Wildman–Crippen LogP) is 2.21. The van der Waals surface area contributed by atoms with Crippen molar-refractivity contribution in [3.63, 3.8) is 0 Å². The van der Waals surface area contributed by atoms with Crippen molar-refractivity contribution in [2.45, 2.75) is 32.1 Å². The van der Waals surface area contributed by atoms with Gasteiger partial charge in [-0.2, -0.15) is 0 Å². The van der Waals surface area contributed by atoms with Crippen LogP contribution in [-0.2, 0) is 22.6 Å². The number of anilines is 1. The van der Waals surface area contributed by atoms with Crippen LogP contribution in [0.2, 0.25) is 0 Å². The Morgan fingerprint density at radius 2 is 1.76 bits per heavy atom. The van der Waals surface area contributed by atoms with Crippen LogP contribution >= 0.6 is 11.8 Å². The lowest BCUT2D eigenvalue weighted by atomic mass is 10.1. The Morgan fingerprint density at radius 3 is 2.39 bits per heavy atom. The fourth-order valence-corrected chi connectivity index (χ4v) is 4.29. The lowest BCUT2D eigenvalue weighted by Gasteiger charge is -2.28. The smallest absolute Gasteiger partial charge is 0.230 e. The zero-order valence-electron chi connectivity index (χ0n) is 19.9. The second kappa shape index (κ2) is 12.0. The molecule has 0 spiro atoms. The normalized spacial score (nSPS) is 13.8. The first-order chi connectivity index (χ1) is 16.0. The first kappa shape index (κ1) is 25.0. The van der Waals surface area contributed by atoms with Crippen molar-refractivity contribution in [1.29, 1.82) is 0 Å². The van der Waals surface area contributed by atoms with Gasteiger partial charge in [-0.05, 0) is 12.0 Å². The maximum atomic E-state index is 12.6. The van der Waals surface area contributed by atoms with E-state index in [1.807, 2.05) is 0 Å². The molecule has 0 radical (unpaired) electrons. The molecule has 182 valence electrons. The Hall–Kier alpha value is -2.66. The zero-order chi connectivity index (χ0) is 23.8. The maximum absolute atomic E-state index is 12.6. The van der Waals surface area contributed by atoms with E-state index in [1.165, 1.54) is 11.8 Å². The molecule has 1 aliphatic rings. The van der Waals surface area contributed by atoms with Gasteiger partial charge in [0.15, 0.2) is 16.7 Å². The van der Waals surface area contributed by atoms with Gasteiger partial charge in [-0.25, -0.2) is 0 Å². The van der Waals surface area contributed by atoms with Crippen molar-refractivity contribution in [2.75, 3.05) is 58.3 Å². The van der Waals surface area contributed by atoms with Crippen LogP contribution < -0.4 is 24.4 Å². The van der Waals surface area contributed by atoms with Gasteiger partial charge < -0.3 is 29.2 Å². The number of nitrogens with zero attached hydrogens (tertiary/aromatic N) is 4. The fourth-order valence-electron chi connectivity index (χ4n) is 3.52. The number of thioether (sulfide) groups is 1. The van der Waals surface area contributed by atoms with Crippen LogP contribution in [0.4, 0.5) is 5.95 Å². The average molecular weight is 480 g/mol. The zero-order valence-corrected chi connectivity index (χ0v) is 20.7. The number of amides is 1. The lowest BCUT2D eigenvalue weighted by Crippen LogP contribution is -2.38. The minimum absolute atomic E-state index is 0.108. The van der Waals surface area contributed by atoms with Gasteiger partial charge in [-0.1, -0.05) is 25.6 Å². The number of aromatic nitrogens is 3. The summed E-state index contributed by atoms with van der Waals surface area (Å²) in [5.74, 6) is 3.15. The molecule has 10 nitrogen and oxygen atoms in total. The number of morpholine rings is 1. The van der Waals surface area contributed by atoms with E-state index in [-0.39, 0.29) is 11.7 Å². The predicted molar refractivity (Wildman–Crippen MR) is 127 cm³/mol. The van der Waals surface area contributed by atoms with E-state index in [2.05, 4.69) is 38.8 Å². The quantitative estimate of drug-likeness (QED) is 0.486. The van der Waals surface area contributed by atoms with Crippen LogP contribution in [0.5, 0.6) is 17.2 Å². The summed E-state index contributed by atoms with van der Waals surface area (Å²) < 4.78 is 23.7. The highest BCUT2D eigenvalue weighted by Gasteiger charge is 2.22. The number of ether oxygens (including phenoxy) is 4. The highest BCUT2D eigenvalue weighted by molar-refractivity contribution is 7.99. The second-order valence-corrected chi connectivity index (χ2v) is 8.91. The number of carbonyl (C=O) groups excluding carboxylic acids is 1. The van der Waals surface area contributed by atoms with E-state index in [1.54, 1.807) is 33.5 Å². The van der Waals surface area contributed by atoms with Crippen molar-refractivity contribution in [2.24, 2.45) is 5.92 Å². The number of hydrogen-bond acceptors (Lipinski definition) is 9. The Balaban J connectivity index is 1.63. The van der Waals surface area contributed by atoms with Gasteiger partial charge in [0.1, 0.15) is 5.75 Å². The third kappa shape index (κ3) is 6.44. The number of benzene rings is 1. The Kier molecular flexibility index (Phi) is 9.07. The molecule has 1 aliphatic heterocycles. The third-order valence-corrected chi connectivity index (χ3v) is 6.10. The monoisotopic (exact) mass is 479 g/mol. The minimum Gasteiger partial charge on any atom is -0.496 e. The van der Waals surface area contributed by atoms with Crippen LogP contribution in [0.25, 0.3) is 0 Å². The fraction of sp³-hybridized carbons (Fsp3) is 0.591. The van der Waals surface area contributed by atoms with Crippen LogP contribution in [0.1, 0.15) is 19.4 Å². The van der Waals surface area contributed by atoms with E-state index < -0.39 is 0 Å². The standard InChI is InChI=1S/C22H33N5O5S/c1-15(2)13-27-21(26-6-8-32-9-7-26)24-25-22(27)33-14-20(28)23-12-16-10-18(30-4)19(31-5)11-17(16)29-3/h10-11,15H,6-9,12-14H2,1-5H3,(H,23,28). The number of rotatable bonds is 11. The second-order valence-electron chi connectivity index (χ2n) is 7.97. The van der Waals surface area contributed by atoms with E-state index in [9.17, 15) is 4.79 Å². The van der Waals surface area contributed by atoms with E-state index >= 15 is 0 Å². The first-order valence-corrected chi connectivity index (χ1v) is 11.9. The van der Waals surface area contributed by atoms with E-state index in [0.717, 1.165) is 36.3 Å². The van der Waals surface area contributed by atoms with Gasteiger partial charge in [0.05, 0.1) is 40.3 Å². The van der Waals surface area contributed by atoms with Crippen molar-refractivity contribution >= 4 is 23.6 Å². The summed E-state index contributed by atoms with van der Waals surface area (Å²) in [6, 6.07) is 3.55. The molecule has 1 saturated heterocycles. The molecule has 33 heavy (non-hydrogen) atoms. The van der Waals surface area contributed by atoms with Crippen molar-refractivity contribution < 1.29 is 23.7 Å². The van der Waals surface area contributed by atoms with Crippen molar-refractivity contribution in [3.8, 4) is 17.2 Å². The molecular weight excluding hydrogens is 446 g/mol. The average Bonchev–Trinajstić information content (AvgIpc) is 3.22. The maximum Gasteiger partial charge on any atom is 0.230 e. The Morgan fingerprint density at radius 1 is 1.09 bits per heavy atom. The summed E-state index contributed by atoms with van der Waals surface area (Å²) in [7, 11) is 4.72. The largest absolute Gasteiger partial charge is 0.496 e. The molecule has 1 N–H and O–H groups in total. The van der Waals surface area contributed by atoms with Crippen LogP contribution in [0, 0.1) is 5.92 Å². The molecule has 1 amide bonds. The Labute approximate surface area is 198 Å². The minimum atomic E-state index is -0.108. The van der Waals surface area contributed by atoms with Gasteiger partial charge in [0.2, 0.25) is 11.9 Å². The molecule has 1 aromatic carbocycles. The van der Waals surface area contributed by atoms with Crippen molar-refractivity contribution in [3.05, 3.63) is 17.7 Å². The summed E-state index contributed by atoms with van der Waals surface area (Å²) in [4.78, 5) is 14.8. The molecule has 0 saturated carbocycles. The SMILES string of the molecule is COc1cc(OC)c(OC)cc1CNC(=O)CSc1nnc(N2CCOCC2)n1CC(C)C. The molecule has 11 heteroatoms. The first-order valence-electron chi connectivity index (χ1n) is 10.9. The van der Waals surface area contributed by atoms with E-state index in [0.29, 0.717) is 42.9 Å². The van der Waals surface area contributed by atoms with Gasteiger partial charge >= 0.3 is 0 Å². The molecule has 3 rings (SSSR count). The molecule has 0 aliphatic carbocycles. The Bertz CT molecular complexity index is 930. The molecule has 2 heterocycles. The molecule has 1 fully saturated rings. The number of nitrogens with one attached hydrogen (secondary N) is 1. The highest BCUT2D eigenvalue weighted by Crippen LogP contribution is 2.34. The summed E-state index contributed by atoms with van der Waals surface area (Å²) >= 11 is 1.38. The molecule has 0 atom stereocenters.